The molecule has 302 valence electrons. The molecule has 2 fully saturated rings. The van der Waals surface area contributed by atoms with E-state index in [2.05, 4.69) is 33.8 Å². The number of hydrogen-bond donors (Lipinski definition) is 4. The molecule has 13 nitrogen and oxygen atoms in total. The average molecular weight is 807 g/mol. The Morgan fingerprint density at radius 2 is 1.75 bits per heavy atom. The predicted octanol–water partition coefficient (Wildman–Crippen LogP) is 3.26. The van der Waals surface area contributed by atoms with Gasteiger partial charge in [-0.05, 0) is 77.8 Å². The summed E-state index contributed by atoms with van der Waals surface area (Å²) in [5.74, 6) is -0.642. The van der Waals surface area contributed by atoms with Gasteiger partial charge >= 0.3 is 6.03 Å². The molecule has 0 radical (unpaired) electrons. The van der Waals surface area contributed by atoms with Crippen molar-refractivity contribution < 1.29 is 32.4 Å². The highest BCUT2D eigenvalue weighted by Gasteiger charge is 2.52. The van der Waals surface area contributed by atoms with Crippen molar-refractivity contribution in [2.24, 2.45) is 23.2 Å². The third-order valence-corrected chi connectivity index (χ3v) is 14.5. The first-order valence-electron chi connectivity index (χ1n) is 19.2. The second kappa shape index (κ2) is 18.2. The lowest BCUT2D eigenvalue weighted by Crippen LogP contribution is -2.61. The number of fused-ring (bicyclic) bond motifs is 2. The van der Waals surface area contributed by atoms with E-state index in [-0.39, 0.29) is 47.9 Å². The molecule has 1 aromatic heterocycles. The summed E-state index contributed by atoms with van der Waals surface area (Å²) in [6, 6.07) is 6.65. The zero-order valence-electron chi connectivity index (χ0n) is 32.6. The number of benzene rings is 1. The summed E-state index contributed by atoms with van der Waals surface area (Å²) in [4.78, 5) is 70.7. The SMILES string of the molecule is C#CCCC(NC(=O)[C@@H]1[C@H]2CCC[C@H]2CN1C(=O)[C@@H](NC(=O)N[C@H](CN(C)S(=O)(=O)c1cccs1)C(C)(C)C)C1Cc2ccccc2C1)C(=O)C(=O)NCC=C. The number of sulfonamides is 1. The molecule has 1 aliphatic heterocycles. The number of rotatable bonds is 16. The highest BCUT2D eigenvalue weighted by molar-refractivity contribution is 7.91. The number of terminal acetylenes is 1. The Bertz CT molecular complexity index is 1910. The first-order chi connectivity index (χ1) is 26.6. The molecule has 1 aromatic carbocycles. The molecule has 0 bridgehead atoms. The number of thiophene rings is 1. The number of nitrogens with zero attached hydrogens (tertiary/aromatic N) is 2. The van der Waals surface area contributed by atoms with Crippen LogP contribution in [0, 0.1) is 35.5 Å². The summed E-state index contributed by atoms with van der Waals surface area (Å²) < 4.78 is 28.0. The third kappa shape index (κ3) is 9.70. The number of urea groups is 1. The summed E-state index contributed by atoms with van der Waals surface area (Å²) in [5.41, 5.74) is 1.57. The fraction of sp³-hybridized carbons (Fsp3) is 0.537. The van der Waals surface area contributed by atoms with Gasteiger partial charge in [-0.25, -0.2) is 13.2 Å². The second-order valence-electron chi connectivity index (χ2n) is 16.1. The number of nitrogens with one attached hydrogen (secondary N) is 4. The van der Waals surface area contributed by atoms with Crippen molar-refractivity contribution in [3.63, 3.8) is 0 Å². The van der Waals surface area contributed by atoms with E-state index in [1.807, 2.05) is 45.0 Å². The van der Waals surface area contributed by atoms with Gasteiger partial charge in [-0.3, -0.25) is 19.2 Å². The number of ketones is 1. The Kier molecular flexibility index (Phi) is 13.8. The van der Waals surface area contributed by atoms with Crippen LogP contribution in [-0.2, 0) is 42.0 Å². The van der Waals surface area contributed by atoms with Gasteiger partial charge in [0, 0.05) is 39.1 Å². The number of Topliss-reactive ketones (excluding diaryl/α,β-unsaturated/α-hetero) is 1. The first-order valence-corrected chi connectivity index (χ1v) is 21.5. The van der Waals surface area contributed by atoms with E-state index >= 15 is 0 Å². The Morgan fingerprint density at radius 1 is 1.05 bits per heavy atom. The molecular formula is C41H54N6O7S2. The molecular weight excluding hydrogens is 753 g/mol. The summed E-state index contributed by atoms with van der Waals surface area (Å²) in [6.45, 7) is 9.61. The zero-order chi connectivity index (χ0) is 40.8. The van der Waals surface area contributed by atoms with Gasteiger partial charge in [0.1, 0.15) is 16.3 Å². The number of amides is 5. The Morgan fingerprint density at radius 3 is 2.36 bits per heavy atom. The lowest BCUT2D eigenvalue weighted by molar-refractivity contribution is -0.144. The van der Waals surface area contributed by atoms with Crippen LogP contribution in [0.1, 0.15) is 64.0 Å². The first kappa shape index (κ1) is 42.6. The molecule has 56 heavy (non-hydrogen) atoms. The van der Waals surface area contributed by atoms with Crippen LogP contribution >= 0.6 is 11.3 Å². The van der Waals surface area contributed by atoms with Gasteiger partial charge < -0.3 is 26.2 Å². The van der Waals surface area contributed by atoms with E-state index in [1.165, 1.54) is 23.5 Å². The molecule has 15 heteroatoms. The number of hydrogen-bond acceptors (Lipinski definition) is 8. The molecule has 4 N–H and O–H groups in total. The number of likely N-dealkylation sites (N-methyl/N-ethyl adjacent to an activating group) is 1. The van der Waals surface area contributed by atoms with E-state index in [0.717, 1.165) is 35.3 Å². The Balaban J connectivity index is 1.40. The van der Waals surface area contributed by atoms with Crippen molar-refractivity contribution in [3.05, 3.63) is 65.6 Å². The van der Waals surface area contributed by atoms with Gasteiger partial charge in [0.05, 0.1) is 6.04 Å². The van der Waals surface area contributed by atoms with E-state index in [4.69, 9.17) is 6.42 Å². The summed E-state index contributed by atoms with van der Waals surface area (Å²) >= 11 is 1.11. The van der Waals surface area contributed by atoms with Crippen LogP contribution in [0.4, 0.5) is 4.79 Å². The Hall–Kier alpha value is -4.52. The minimum absolute atomic E-state index is 0.0203. The van der Waals surface area contributed by atoms with Crippen molar-refractivity contribution in [2.45, 2.75) is 94.1 Å². The largest absolute Gasteiger partial charge is 0.346 e. The predicted molar refractivity (Wildman–Crippen MR) is 215 cm³/mol. The molecule has 1 saturated carbocycles. The summed E-state index contributed by atoms with van der Waals surface area (Å²) in [6.07, 6.45) is 10.6. The monoisotopic (exact) mass is 806 g/mol. The summed E-state index contributed by atoms with van der Waals surface area (Å²) in [7, 11) is -2.33. The van der Waals surface area contributed by atoms with Gasteiger partial charge in [-0.15, -0.1) is 30.3 Å². The van der Waals surface area contributed by atoms with E-state index in [1.54, 1.807) is 16.3 Å². The van der Waals surface area contributed by atoms with Crippen LogP contribution in [0.15, 0.2) is 58.6 Å². The maximum absolute atomic E-state index is 15.0. The van der Waals surface area contributed by atoms with Gasteiger partial charge in [-0.2, -0.15) is 4.31 Å². The number of likely N-dealkylation sites (tertiary alicyclic amines) is 1. The summed E-state index contributed by atoms with van der Waals surface area (Å²) in [5, 5.41) is 12.9. The number of carbonyl (C=O) groups excluding carboxylic acids is 5. The molecule has 1 unspecified atom stereocenters. The smallest absolute Gasteiger partial charge is 0.315 e. The standard InChI is InChI=1S/C41H54N6O7S2/c1-7-9-18-31(36(48)38(50)42-20-8-2)43-37(49)35-30-17-12-16-28(30)24-47(35)39(51)34(29-22-26-14-10-11-15-27(26)23-29)45-40(52)44-32(41(3,4)5)25-46(6)56(53,54)33-19-13-21-55-33/h1,8,10-11,13-15,19,21,28-32,34-35H,2,9,12,16-18,20,22-25H2,3-6H3,(H,42,50)(H,43,49)(H2,44,45,52)/t28-,30-,31?,32+,34-,35-/m0/s1. The molecule has 3 aliphatic rings. The van der Waals surface area contributed by atoms with Crippen LogP contribution in [0.3, 0.4) is 0 Å². The maximum Gasteiger partial charge on any atom is 0.315 e. The number of carbonyl (C=O) groups is 5. The lowest BCUT2D eigenvalue weighted by Gasteiger charge is -2.36. The highest BCUT2D eigenvalue weighted by atomic mass is 32.2. The van der Waals surface area contributed by atoms with Crippen LogP contribution in [0.5, 0.6) is 0 Å². The molecule has 2 heterocycles. The van der Waals surface area contributed by atoms with Gasteiger partial charge in [0.2, 0.25) is 17.6 Å². The molecule has 5 amide bonds. The normalized spacial score (nSPS) is 20.9. The van der Waals surface area contributed by atoms with Crippen LogP contribution in [-0.4, -0.2) is 98.0 Å². The van der Waals surface area contributed by atoms with Crippen molar-refractivity contribution in [1.29, 1.82) is 0 Å². The van der Waals surface area contributed by atoms with E-state index < -0.39 is 69.1 Å². The van der Waals surface area contributed by atoms with Gasteiger partial charge in [0.15, 0.2) is 0 Å². The minimum atomic E-state index is -3.80. The van der Waals surface area contributed by atoms with Gasteiger partial charge in [-0.1, -0.05) is 63.6 Å². The minimum Gasteiger partial charge on any atom is -0.346 e. The van der Waals surface area contributed by atoms with Crippen LogP contribution in [0.2, 0.25) is 0 Å². The van der Waals surface area contributed by atoms with E-state index in [0.29, 0.717) is 25.8 Å². The topological polar surface area (TPSA) is 174 Å². The molecule has 2 aliphatic carbocycles. The zero-order valence-corrected chi connectivity index (χ0v) is 34.2. The van der Waals surface area contributed by atoms with Crippen molar-refractivity contribution in [3.8, 4) is 12.3 Å². The molecule has 1 saturated heterocycles. The fourth-order valence-corrected chi connectivity index (χ4v) is 10.6. The fourth-order valence-electron chi connectivity index (χ4n) is 8.22. The molecule has 6 atom stereocenters. The quantitative estimate of drug-likeness (QED) is 0.115. The second-order valence-corrected chi connectivity index (χ2v) is 19.3. The van der Waals surface area contributed by atoms with Crippen molar-refractivity contribution >= 4 is 50.9 Å². The Labute approximate surface area is 334 Å². The van der Waals surface area contributed by atoms with Crippen LogP contribution < -0.4 is 21.3 Å². The van der Waals surface area contributed by atoms with Crippen molar-refractivity contribution in [1.82, 2.24) is 30.5 Å². The lowest BCUT2D eigenvalue weighted by atomic mass is 9.86. The van der Waals surface area contributed by atoms with Crippen molar-refractivity contribution in [2.75, 3.05) is 26.7 Å². The average Bonchev–Trinajstić information content (AvgIpc) is 3.98. The third-order valence-electron chi connectivity index (χ3n) is 11.3. The molecule has 5 rings (SSSR count). The van der Waals surface area contributed by atoms with E-state index in [9.17, 15) is 32.4 Å². The van der Waals surface area contributed by atoms with Crippen LogP contribution in [0.25, 0.3) is 0 Å². The molecule has 2 aromatic rings. The highest BCUT2D eigenvalue weighted by Crippen LogP contribution is 2.43. The maximum atomic E-state index is 15.0. The molecule has 0 spiro atoms. The van der Waals surface area contributed by atoms with Gasteiger partial charge in [0.25, 0.3) is 15.9 Å².